The van der Waals surface area contributed by atoms with Gasteiger partial charge in [-0.3, -0.25) is 4.99 Å². The lowest BCUT2D eigenvalue weighted by Gasteiger charge is -1.94. The van der Waals surface area contributed by atoms with E-state index in [0.29, 0.717) is 5.69 Å². The summed E-state index contributed by atoms with van der Waals surface area (Å²) in [5, 5.41) is 10.5. The molecular weight excluding hydrogens is 236 g/mol. The van der Waals surface area contributed by atoms with E-state index in [-0.39, 0.29) is 10.6 Å². The van der Waals surface area contributed by atoms with Crippen LogP contribution in [0, 0.1) is 0 Å². The van der Waals surface area contributed by atoms with Gasteiger partial charge in [-0.15, -0.1) is 11.3 Å². The molecule has 2 rings (SSSR count). The molecule has 0 aliphatic heterocycles. The molecule has 0 atom stereocenters. The summed E-state index contributed by atoms with van der Waals surface area (Å²) in [6.45, 7) is 0. The van der Waals surface area contributed by atoms with Crippen LogP contribution < -0.4 is 5.73 Å². The van der Waals surface area contributed by atoms with Crippen molar-refractivity contribution in [3.8, 4) is 0 Å². The molecular formula is C12H10N2O2S. The topological polar surface area (TPSA) is 75.7 Å². The second-order valence-corrected chi connectivity index (χ2v) is 4.22. The number of nitrogens with two attached hydrogens (primary N) is 1. The van der Waals surface area contributed by atoms with Crippen molar-refractivity contribution >= 4 is 34.9 Å². The van der Waals surface area contributed by atoms with Crippen molar-refractivity contribution in [2.24, 2.45) is 4.99 Å². The van der Waals surface area contributed by atoms with Crippen molar-refractivity contribution in [1.29, 1.82) is 0 Å². The van der Waals surface area contributed by atoms with Gasteiger partial charge < -0.3 is 10.8 Å². The zero-order chi connectivity index (χ0) is 12.3. The maximum atomic E-state index is 10.8. The van der Waals surface area contributed by atoms with Crippen LogP contribution in [0.3, 0.4) is 0 Å². The SMILES string of the molecule is Nc1c(N=Cc2ccccc2)csc1C(=O)O. The summed E-state index contributed by atoms with van der Waals surface area (Å²) in [6.07, 6.45) is 1.66. The molecule has 1 aromatic carbocycles. The maximum absolute atomic E-state index is 10.8. The van der Waals surface area contributed by atoms with Crippen LogP contribution in [0.15, 0.2) is 40.7 Å². The molecule has 0 bridgehead atoms. The van der Waals surface area contributed by atoms with Gasteiger partial charge in [-0.05, 0) is 5.56 Å². The molecule has 3 N–H and O–H groups in total. The Labute approximate surface area is 102 Å². The largest absolute Gasteiger partial charge is 0.477 e. The summed E-state index contributed by atoms with van der Waals surface area (Å²) in [4.78, 5) is 15.1. The zero-order valence-corrected chi connectivity index (χ0v) is 9.65. The quantitative estimate of drug-likeness (QED) is 0.817. The normalized spacial score (nSPS) is 10.8. The number of hydrogen-bond donors (Lipinski definition) is 2. The number of carbonyl (C=O) groups is 1. The van der Waals surface area contributed by atoms with Gasteiger partial charge in [0.25, 0.3) is 0 Å². The first kappa shape index (κ1) is 11.3. The van der Waals surface area contributed by atoms with Gasteiger partial charge in [-0.2, -0.15) is 0 Å². The van der Waals surface area contributed by atoms with E-state index >= 15 is 0 Å². The van der Waals surface area contributed by atoms with Crippen molar-refractivity contribution in [2.75, 3.05) is 5.73 Å². The molecule has 0 saturated carbocycles. The lowest BCUT2D eigenvalue weighted by atomic mass is 10.2. The summed E-state index contributed by atoms with van der Waals surface area (Å²) in [6, 6.07) is 9.54. The van der Waals surface area contributed by atoms with Gasteiger partial charge in [0.15, 0.2) is 0 Å². The fourth-order valence-electron chi connectivity index (χ4n) is 1.31. The highest BCUT2D eigenvalue weighted by atomic mass is 32.1. The first-order valence-corrected chi connectivity index (χ1v) is 5.76. The predicted molar refractivity (Wildman–Crippen MR) is 69.4 cm³/mol. The van der Waals surface area contributed by atoms with E-state index in [2.05, 4.69) is 4.99 Å². The maximum Gasteiger partial charge on any atom is 0.348 e. The molecule has 1 aromatic heterocycles. The van der Waals surface area contributed by atoms with Crippen molar-refractivity contribution < 1.29 is 9.90 Å². The number of carboxylic acids is 1. The third-order valence-electron chi connectivity index (χ3n) is 2.16. The highest BCUT2D eigenvalue weighted by molar-refractivity contribution is 7.13. The number of anilines is 1. The molecule has 86 valence electrons. The predicted octanol–water partition coefficient (Wildman–Crippen LogP) is 2.78. The molecule has 4 nitrogen and oxygen atoms in total. The molecule has 0 amide bonds. The molecule has 1 heterocycles. The number of carboxylic acid groups (broad SMARTS) is 1. The number of nitrogen functional groups attached to an aromatic ring is 1. The van der Waals surface area contributed by atoms with Crippen molar-refractivity contribution in [3.63, 3.8) is 0 Å². The highest BCUT2D eigenvalue weighted by Crippen LogP contribution is 2.32. The third-order valence-corrected chi connectivity index (χ3v) is 3.13. The average Bonchev–Trinajstić information content (AvgIpc) is 2.69. The van der Waals surface area contributed by atoms with E-state index in [1.807, 2.05) is 30.3 Å². The van der Waals surface area contributed by atoms with Crippen LogP contribution in [0.4, 0.5) is 11.4 Å². The van der Waals surface area contributed by atoms with Crippen LogP contribution >= 0.6 is 11.3 Å². The van der Waals surface area contributed by atoms with Gasteiger partial charge in [0, 0.05) is 11.6 Å². The molecule has 0 aliphatic rings. The summed E-state index contributed by atoms with van der Waals surface area (Å²) in [5.74, 6) is -1.02. The van der Waals surface area contributed by atoms with E-state index in [1.165, 1.54) is 0 Å². The van der Waals surface area contributed by atoms with Gasteiger partial charge in [-0.1, -0.05) is 30.3 Å². The van der Waals surface area contributed by atoms with Crippen LogP contribution in [0.2, 0.25) is 0 Å². The molecule has 5 heteroatoms. The standard InChI is InChI=1S/C12H10N2O2S/c13-10-9(7-17-11(10)12(15)16)14-6-8-4-2-1-3-5-8/h1-7H,13H2,(H,15,16). The number of aromatic carboxylic acids is 1. The minimum atomic E-state index is -1.02. The van der Waals surface area contributed by atoms with Crippen LogP contribution in [-0.2, 0) is 0 Å². The number of rotatable bonds is 3. The molecule has 0 unspecified atom stereocenters. The van der Waals surface area contributed by atoms with Gasteiger partial charge in [0.2, 0.25) is 0 Å². The molecule has 0 aliphatic carbocycles. The highest BCUT2D eigenvalue weighted by Gasteiger charge is 2.13. The smallest absolute Gasteiger partial charge is 0.348 e. The summed E-state index contributed by atoms with van der Waals surface area (Å²) in [5.41, 5.74) is 7.34. The van der Waals surface area contributed by atoms with E-state index < -0.39 is 5.97 Å². The monoisotopic (exact) mass is 246 g/mol. The summed E-state index contributed by atoms with van der Waals surface area (Å²) >= 11 is 1.08. The van der Waals surface area contributed by atoms with E-state index in [0.717, 1.165) is 16.9 Å². The first-order chi connectivity index (χ1) is 8.18. The van der Waals surface area contributed by atoms with E-state index in [1.54, 1.807) is 11.6 Å². The van der Waals surface area contributed by atoms with Crippen LogP contribution in [0.5, 0.6) is 0 Å². The molecule has 0 spiro atoms. The minimum Gasteiger partial charge on any atom is -0.477 e. The molecule has 2 aromatic rings. The number of aliphatic imine (C=N–C) groups is 1. The Kier molecular flexibility index (Phi) is 3.20. The number of nitrogens with zero attached hydrogens (tertiary/aromatic N) is 1. The van der Waals surface area contributed by atoms with Gasteiger partial charge in [-0.25, -0.2) is 4.79 Å². The molecule has 17 heavy (non-hydrogen) atoms. The summed E-state index contributed by atoms with van der Waals surface area (Å²) in [7, 11) is 0. The lowest BCUT2D eigenvalue weighted by molar-refractivity contribution is 0.0703. The molecule has 0 saturated heterocycles. The first-order valence-electron chi connectivity index (χ1n) is 4.88. The van der Waals surface area contributed by atoms with Crippen LogP contribution in [-0.4, -0.2) is 17.3 Å². The lowest BCUT2D eigenvalue weighted by Crippen LogP contribution is -1.97. The van der Waals surface area contributed by atoms with Crippen LogP contribution in [0.25, 0.3) is 0 Å². The van der Waals surface area contributed by atoms with Crippen molar-refractivity contribution in [1.82, 2.24) is 0 Å². The van der Waals surface area contributed by atoms with Crippen molar-refractivity contribution in [2.45, 2.75) is 0 Å². The van der Waals surface area contributed by atoms with E-state index in [9.17, 15) is 4.79 Å². The Morgan fingerprint density at radius 3 is 2.65 bits per heavy atom. The average molecular weight is 246 g/mol. The molecule has 0 radical (unpaired) electrons. The minimum absolute atomic E-state index is 0.130. The van der Waals surface area contributed by atoms with Crippen LogP contribution in [0.1, 0.15) is 15.2 Å². The Morgan fingerprint density at radius 1 is 1.35 bits per heavy atom. The second kappa shape index (κ2) is 4.80. The van der Waals surface area contributed by atoms with Crippen molar-refractivity contribution in [3.05, 3.63) is 46.2 Å². The number of thiophene rings is 1. The van der Waals surface area contributed by atoms with Gasteiger partial charge in [0.1, 0.15) is 4.88 Å². The number of hydrogen-bond acceptors (Lipinski definition) is 4. The second-order valence-electron chi connectivity index (χ2n) is 3.34. The van der Waals surface area contributed by atoms with Gasteiger partial charge in [0.05, 0.1) is 11.4 Å². The Balaban J connectivity index is 2.25. The fraction of sp³-hybridized carbons (Fsp3) is 0. The molecule has 0 fully saturated rings. The third kappa shape index (κ3) is 2.51. The Morgan fingerprint density at radius 2 is 2.06 bits per heavy atom. The number of benzene rings is 1. The van der Waals surface area contributed by atoms with E-state index in [4.69, 9.17) is 10.8 Å². The Bertz CT molecular complexity index is 561. The Hall–Kier alpha value is -2.14. The van der Waals surface area contributed by atoms with Gasteiger partial charge >= 0.3 is 5.97 Å². The fourth-order valence-corrected chi connectivity index (χ4v) is 2.06. The summed E-state index contributed by atoms with van der Waals surface area (Å²) < 4.78 is 0. The zero-order valence-electron chi connectivity index (χ0n) is 8.83.